The summed E-state index contributed by atoms with van der Waals surface area (Å²) >= 11 is 0. The highest BCUT2D eigenvalue weighted by atomic mass is 16.5. The minimum atomic E-state index is -0.480. The van der Waals surface area contributed by atoms with Gasteiger partial charge in [0.15, 0.2) is 0 Å². The van der Waals surface area contributed by atoms with Crippen LogP contribution >= 0.6 is 0 Å². The van der Waals surface area contributed by atoms with Crippen LogP contribution in [0.15, 0.2) is 82.0 Å². The maximum Gasteiger partial charge on any atom is 0.347 e. The monoisotopic (exact) mass is 372 g/mol. The number of benzene rings is 3. The van der Waals surface area contributed by atoms with E-state index < -0.39 is 5.63 Å². The number of anilines is 1. The molecule has 0 spiro atoms. The number of hydrogen-bond donors (Lipinski definition) is 1. The fraction of sp³-hybridized carbons (Fsp3) is 0.0455. The van der Waals surface area contributed by atoms with Crippen LogP contribution in [-0.4, -0.2) is 18.0 Å². The van der Waals surface area contributed by atoms with Crippen LogP contribution in [0.4, 0.5) is 5.69 Å². The third kappa shape index (κ3) is 3.23. The molecule has 3 aromatic carbocycles. The molecular weight excluding hydrogens is 356 g/mol. The van der Waals surface area contributed by atoms with E-state index in [9.17, 15) is 9.59 Å². The molecule has 4 rings (SSSR count). The fourth-order valence-electron chi connectivity index (χ4n) is 2.93. The van der Waals surface area contributed by atoms with E-state index in [0.717, 1.165) is 0 Å². The van der Waals surface area contributed by atoms with E-state index in [1.165, 1.54) is 7.11 Å². The Morgan fingerprint density at radius 2 is 1.68 bits per heavy atom. The molecule has 0 aliphatic heterocycles. The summed E-state index contributed by atoms with van der Waals surface area (Å²) in [5.41, 5.74) is 1.43. The molecule has 0 aliphatic carbocycles. The quantitative estimate of drug-likeness (QED) is 0.583. The second-order valence-electron chi connectivity index (χ2n) is 6.02. The van der Waals surface area contributed by atoms with E-state index in [0.29, 0.717) is 33.5 Å². The van der Waals surface area contributed by atoms with Crippen LogP contribution in [0, 0.1) is 0 Å². The molecule has 6 heteroatoms. The van der Waals surface area contributed by atoms with Crippen molar-refractivity contribution in [3.05, 3.63) is 88.8 Å². The summed E-state index contributed by atoms with van der Waals surface area (Å²) in [6, 6.07) is 20.9. The van der Waals surface area contributed by atoms with Crippen LogP contribution in [0.2, 0.25) is 0 Å². The Morgan fingerprint density at radius 1 is 0.964 bits per heavy atom. The molecular formula is C22H16N2O4. The SMILES string of the molecule is COc1ccccc1C(=O)Nc1ccccc1-c1nc2ccccc2c(=O)o1. The van der Waals surface area contributed by atoms with E-state index in [1.54, 1.807) is 72.8 Å². The van der Waals surface area contributed by atoms with Gasteiger partial charge in [-0.05, 0) is 36.4 Å². The molecule has 6 nitrogen and oxygen atoms in total. The smallest absolute Gasteiger partial charge is 0.347 e. The number of ether oxygens (including phenoxy) is 1. The van der Waals surface area contributed by atoms with Crippen LogP contribution in [0.25, 0.3) is 22.4 Å². The van der Waals surface area contributed by atoms with Gasteiger partial charge in [-0.15, -0.1) is 0 Å². The lowest BCUT2D eigenvalue weighted by molar-refractivity contribution is 0.102. The Hall–Kier alpha value is -3.93. The van der Waals surface area contributed by atoms with Crippen molar-refractivity contribution in [3.8, 4) is 17.2 Å². The second-order valence-corrected chi connectivity index (χ2v) is 6.02. The highest BCUT2D eigenvalue weighted by Crippen LogP contribution is 2.28. The van der Waals surface area contributed by atoms with Crippen molar-refractivity contribution >= 4 is 22.5 Å². The van der Waals surface area contributed by atoms with Crippen molar-refractivity contribution in [2.45, 2.75) is 0 Å². The van der Waals surface area contributed by atoms with Gasteiger partial charge in [0, 0.05) is 0 Å². The van der Waals surface area contributed by atoms with Crippen molar-refractivity contribution < 1.29 is 13.9 Å². The Kier molecular flexibility index (Phi) is 4.60. The largest absolute Gasteiger partial charge is 0.496 e. The maximum absolute atomic E-state index is 12.8. The number of para-hydroxylation sites is 3. The first-order valence-corrected chi connectivity index (χ1v) is 8.61. The second kappa shape index (κ2) is 7.36. The number of carbonyl (C=O) groups is 1. The number of nitrogens with zero attached hydrogens (tertiary/aromatic N) is 1. The van der Waals surface area contributed by atoms with Gasteiger partial charge >= 0.3 is 5.63 Å². The van der Waals surface area contributed by atoms with E-state index >= 15 is 0 Å². The van der Waals surface area contributed by atoms with Crippen molar-refractivity contribution in [1.29, 1.82) is 0 Å². The van der Waals surface area contributed by atoms with Gasteiger partial charge in [-0.3, -0.25) is 4.79 Å². The average Bonchev–Trinajstić information content (AvgIpc) is 2.74. The summed E-state index contributed by atoms with van der Waals surface area (Å²) in [4.78, 5) is 29.5. The van der Waals surface area contributed by atoms with Gasteiger partial charge < -0.3 is 14.5 Å². The lowest BCUT2D eigenvalue weighted by Crippen LogP contribution is -2.14. The highest BCUT2D eigenvalue weighted by molar-refractivity contribution is 6.07. The zero-order chi connectivity index (χ0) is 19.5. The Balaban J connectivity index is 1.76. The lowest BCUT2D eigenvalue weighted by atomic mass is 10.1. The molecule has 0 aliphatic rings. The topological polar surface area (TPSA) is 81.4 Å². The fourth-order valence-corrected chi connectivity index (χ4v) is 2.93. The van der Waals surface area contributed by atoms with Crippen LogP contribution < -0.4 is 15.7 Å². The number of nitrogens with one attached hydrogen (secondary N) is 1. The molecule has 4 aromatic rings. The van der Waals surface area contributed by atoms with Crippen molar-refractivity contribution in [2.75, 3.05) is 12.4 Å². The number of carbonyl (C=O) groups excluding carboxylic acids is 1. The van der Waals surface area contributed by atoms with Gasteiger partial charge in [-0.2, -0.15) is 0 Å². The molecule has 0 saturated heterocycles. The number of rotatable bonds is 4. The van der Waals surface area contributed by atoms with Gasteiger partial charge in [0.2, 0.25) is 5.89 Å². The molecule has 0 fully saturated rings. The van der Waals surface area contributed by atoms with E-state index in [1.807, 2.05) is 0 Å². The summed E-state index contributed by atoms with van der Waals surface area (Å²) in [5, 5.41) is 3.25. The normalized spacial score (nSPS) is 10.6. The molecule has 1 aromatic heterocycles. The summed E-state index contributed by atoms with van der Waals surface area (Å²) < 4.78 is 10.7. The standard InChI is InChI=1S/C22H16N2O4/c1-27-19-13-7-4-10-16(19)20(25)23-17-11-5-2-8-14(17)21-24-18-12-6-3-9-15(18)22(26)28-21/h2-13H,1H3,(H,23,25). The highest BCUT2D eigenvalue weighted by Gasteiger charge is 2.16. The van der Waals surface area contributed by atoms with Gasteiger partial charge in [-0.1, -0.05) is 36.4 Å². The molecule has 1 N–H and O–H groups in total. The molecule has 0 bridgehead atoms. The Morgan fingerprint density at radius 3 is 2.54 bits per heavy atom. The number of amides is 1. The minimum Gasteiger partial charge on any atom is -0.496 e. The predicted octanol–water partition coefficient (Wildman–Crippen LogP) is 4.12. The molecule has 0 atom stereocenters. The molecule has 0 saturated carbocycles. The van der Waals surface area contributed by atoms with Gasteiger partial charge in [-0.25, -0.2) is 9.78 Å². The van der Waals surface area contributed by atoms with Crippen LogP contribution in [-0.2, 0) is 0 Å². The Bertz CT molecular complexity index is 1230. The Labute approximate surface area is 160 Å². The van der Waals surface area contributed by atoms with E-state index in [4.69, 9.17) is 9.15 Å². The van der Waals surface area contributed by atoms with Crippen LogP contribution in [0.3, 0.4) is 0 Å². The predicted molar refractivity (Wildman–Crippen MR) is 107 cm³/mol. The number of hydrogen-bond acceptors (Lipinski definition) is 5. The zero-order valence-electron chi connectivity index (χ0n) is 15.0. The number of aromatic nitrogens is 1. The summed E-state index contributed by atoms with van der Waals surface area (Å²) in [7, 11) is 1.51. The average molecular weight is 372 g/mol. The summed E-state index contributed by atoms with van der Waals surface area (Å²) in [5.74, 6) is 0.264. The maximum atomic E-state index is 12.8. The van der Waals surface area contributed by atoms with Crippen molar-refractivity contribution in [3.63, 3.8) is 0 Å². The summed E-state index contributed by atoms with van der Waals surface area (Å²) in [6.45, 7) is 0. The van der Waals surface area contributed by atoms with Gasteiger partial charge in [0.25, 0.3) is 5.91 Å². The zero-order valence-corrected chi connectivity index (χ0v) is 15.0. The first-order chi connectivity index (χ1) is 13.7. The van der Waals surface area contributed by atoms with Crippen LogP contribution in [0.5, 0.6) is 5.75 Å². The molecule has 28 heavy (non-hydrogen) atoms. The first-order valence-electron chi connectivity index (χ1n) is 8.61. The molecule has 138 valence electrons. The third-order valence-electron chi connectivity index (χ3n) is 4.29. The van der Waals surface area contributed by atoms with Crippen molar-refractivity contribution in [1.82, 2.24) is 4.98 Å². The lowest BCUT2D eigenvalue weighted by Gasteiger charge is -2.12. The number of methoxy groups -OCH3 is 1. The van der Waals surface area contributed by atoms with Gasteiger partial charge in [0.05, 0.1) is 34.8 Å². The van der Waals surface area contributed by atoms with Crippen molar-refractivity contribution in [2.24, 2.45) is 0 Å². The molecule has 0 radical (unpaired) electrons. The minimum absolute atomic E-state index is 0.139. The molecule has 1 amide bonds. The molecule has 1 heterocycles. The molecule has 0 unspecified atom stereocenters. The number of fused-ring (bicyclic) bond motifs is 1. The summed E-state index contributed by atoms with van der Waals surface area (Å²) in [6.07, 6.45) is 0. The van der Waals surface area contributed by atoms with E-state index in [-0.39, 0.29) is 11.8 Å². The van der Waals surface area contributed by atoms with Crippen LogP contribution in [0.1, 0.15) is 10.4 Å². The van der Waals surface area contributed by atoms with Gasteiger partial charge in [0.1, 0.15) is 5.75 Å². The third-order valence-corrected chi connectivity index (χ3v) is 4.29. The van der Waals surface area contributed by atoms with E-state index in [2.05, 4.69) is 10.3 Å². The first kappa shape index (κ1) is 17.5.